The first-order valence-electron chi connectivity index (χ1n) is 6.87. The molecule has 1 aromatic rings. The Morgan fingerprint density at radius 3 is 2.65 bits per heavy atom. The molecule has 1 amide bonds. The molecule has 6 nitrogen and oxygen atoms in total. The summed E-state index contributed by atoms with van der Waals surface area (Å²) in [6.07, 6.45) is 2.17. The smallest absolute Gasteiger partial charge is 0.251 e. The number of hydrogen-bond donors (Lipinski definition) is 4. The van der Waals surface area contributed by atoms with Crippen molar-refractivity contribution in [1.82, 2.24) is 10.2 Å². The number of carbonyl (C=O) groups excluding carboxylic acids is 1. The van der Waals surface area contributed by atoms with Crippen molar-refractivity contribution >= 4 is 17.3 Å². The number of anilines is 2. The van der Waals surface area contributed by atoms with Gasteiger partial charge in [0.25, 0.3) is 5.91 Å². The summed E-state index contributed by atoms with van der Waals surface area (Å²) in [6.45, 7) is 2.31. The number of hydrazine groups is 1. The number of rotatable bonds is 3. The van der Waals surface area contributed by atoms with Crippen molar-refractivity contribution in [3.05, 3.63) is 23.8 Å². The second kappa shape index (κ2) is 4.64. The van der Waals surface area contributed by atoms with Gasteiger partial charge >= 0.3 is 0 Å². The number of hydrogen-bond acceptors (Lipinski definition) is 5. The van der Waals surface area contributed by atoms with Gasteiger partial charge in [-0.25, -0.2) is 0 Å². The Labute approximate surface area is 118 Å². The number of nitrogen functional groups attached to an aromatic ring is 2. The highest BCUT2D eigenvalue weighted by Gasteiger charge is 2.51. The van der Waals surface area contributed by atoms with Crippen LogP contribution in [0, 0.1) is 5.41 Å². The van der Waals surface area contributed by atoms with Crippen LogP contribution >= 0.6 is 0 Å². The SMILES string of the molecule is CN1CC2(CC(NC(=O)c3ccc(NN)c(N)c3)C2)C1. The largest absolute Gasteiger partial charge is 0.397 e. The zero-order chi connectivity index (χ0) is 14.3. The Morgan fingerprint density at radius 2 is 2.10 bits per heavy atom. The summed E-state index contributed by atoms with van der Waals surface area (Å²) in [5.74, 6) is 5.25. The molecular weight excluding hydrogens is 254 g/mol. The van der Waals surface area contributed by atoms with Crippen LogP contribution in [0.25, 0.3) is 0 Å². The summed E-state index contributed by atoms with van der Waals surface area (Å²) in [4.78, 5) is 14.5. The monoisotopic (exact) mass is 275 g/mol. The molecule has 1 spiro atoms. The second-order valence-corrected chi connectivity index (χ2v) is 6.20. The van der Waals surface area contributed by atoms with Crippen LogP contribution in [-0.4, -0.2) is 37.0 Å². The second-order valence-electron chi connectivity index (χ2n) is 6.20. The van der Waals surface area contributed by atoms with Crippen LogP contribution in [0.5, 0.6) is 0 Å². The third-order valence-corrected chi connectivity index (χ3v) is 4.37. The topological polar surface area (TPSA) is 96.4 Å². The van der Waals surface area contributed by atoms with Crippen LogP contribution in [0.2, 0.25) is 0 Å². The van der Waals surface area contributed by atoms with Crippen LogP contribution in [0.15, 0.2) is 18.2 Å². The normalized spacial score (nSPS) is 21.1. The molecule has 20 heavy (non-hydrogen) atoms. The lowest BCUT2D eigenvalue weighted by Crippen LogP contribution is -2.65. The molecule has 2 aliphatic rings. The minimum Gasteiger partial charge on any atom is -0.397 e. The Morgan fingerprint density at radius 1 is 1.40 bits per heavy atom. The fourth-order valence-electron chi connectivity index (χ4n) is 3.55. The minimum atomic E-state index is -0.0622. The van der Waals surface area contributed by atoms with Crippen molar-refractivity contribution in [1.29, 1.82) is 0 Å². The summed E-state index contributed by atoms with van der Waals surface area (Å²) in [7, 11) is 2.13. The molecule has 2 fully saturated rings. The molecule has 108 valence electrons. The summed E-state index contributed by atoms with van der Waals surface area (Å²) in [5.41, 5.74) is 10.5. The number of likely N-dealkylation sites (tertiary alicyclic amines) is 1. The van der Waals surface area contributed by atoms with Gasteiger partial charge in [0.15, 0.2) is 0 Å². The van der Waals surface area contributed by atoms with E-state index in [-0.39, 0.29) is 5.91 Å². The van der Waals surface area contributed by atoms with E-state index in [2.05, 4.69) is 22.7 Å². The van der Waals surface area contributed by atoms with Crippen molar-refractivity contribution < 1.29 is 4.79 Å². The van der Waals surface area contributed by atoms with E-state index in [4.69, 9.17) is 11.6 Å². The van der Waals surface area contributed by atoms with E-state index in [0.717, 1.165) is 25.9 Å². The maximum Gasteiger partial charge on any atom is 0.251 e. The van der Waals surface area contributed by atoms with Gasteiger partial charge in [-0.2, -0.15) is 0 Å². The number of nitrogens with two attached hydrogens (primary N) is 2. The van der Waals surface area contributed by atoms with Gasteiger partial charge in [0.1, 0.15) is 0 Å². The van der Waals surface area contributed by atoms with Gasteiger partial charge in [-0.05, 0) is 43.5 Å². The number of nitrogens with one attached hydrogen (secondary N) is 2. The summed E-state index contributed by atoms with van der Waals surface area (Å²) in [6, 6.07) is 5.39. The molecule has 6 heteroatoms. The lowest BCUT2D eigenvalue weighted by molar-refractivity contribution is -0.0625. The van der Waals surface area contributed by atoms with Gasteiger partial charge in [-0.15, -0.1) is 0 Å². The molecule has 1 aliphatic carbocycles. The zero-order valence-corrected chi connectivity index (χ0v) is 11.6. The molecule has 0 bridgehead atoms. The molecule has 0 radical (unpaired) electrons. The summed E-state index contributed by atoms with van der Waals surface area (Å²) in [5, 5.41) is 3.07. The average molecular weight is 275 g/mol. The Kier molecular flexibility index (Phi) is 3.07. The summed E-state index contributed by atoms with van der Waals surface area (Å²) >= 11 is 0. The maximum absolute atomic E-state index is 12.2. The van der Waals surface area contributed by atoms with Crippen LogP contribution in [0.4, 0.5) is 11.4 Å². The molecular formula is C14H21N5O. The molecule has 0 aromatic heterocycles. The van der Waals surface area contributed by atoms with E-state index in [0.29, 0.717) is 28.4 Å². The minimum absolute atomic E-state index is 0.0622. The van der Waals surface area contributed by atoms with Gasteiger partial charge in [0, 0.05) is 24.7 Å². The molecule has 3 rings (SSSR count). The van der Waals surface area contributed by atoms with Gasteiger partial charge in [0.2, 0.25) is 0 Å². The molecule has 0 atom stereocenters. The molecule has 1 saturated heterocycles. The Hall–Kier alpha value is -1.79. The maximum atomic E-state index is 12.2. The standard InChI is InChI=1S/C14H21N5O/c1-19-7-14(8-19)5-10(6-14)17-13(20)9-2-3-12(18-16)11(15)4-9/h2-4,10,18H,5-8,15-16H2,1H3,(H,17,20). The van der Waals surface area contributed by atoms with Crippen LogP contribution in [0.3, 0.4) is 0 Å². The zero-order valence-electron chi connectivity index (χ0n) is 11.6. The number of nitrogens with zero attached hydrogens (tertiary/aromatic N) is 1. The van der Waals surface area contributed by atoms with E-state index >= 15 is 0 Å². The van der Waals surface area contributed by atoms with Gasteiger partial charge in [-0.3, -0.25) is 10.6 Å². The van der Waals surface area contributed by atoms with Crippen molar-refractivity contribution in [2.75, 3.05) is 31.3 Å². The highest BCUT2D eigenvalue weighted by atomic mass is 16.1. The number of amides is 1. The van der Waals surface area contributed by atoms with Crippen molar-refractivity contribution in [2.24, 2.45) is 11.3 Å². The van der Waals surface area contributed by atoms with Gasteiger partial charge in [-0.1, -0.05) is 0 Å². The fraction of sp³-hybridized carbons (Fsp3) is 0.500. The lowest BCUT2D eigenvalue weighted by atomic mass is 9.61. The quantitative estimate of drug-likeness (QED) is 0.363. The highest BCUT2D eigenvalue weighted by Crippen LogP contribution is 2.47. The first-order chi connectivity index (χ1) is 9.51. The summed E-state index contributed by atoms with van der Waals surface area (Å²) < 4.78 is 0. The van der Waals surface area contributed by atoms with Crippen LogP contribution < -0.4 is 22.3 Å². The van der Waals surface area contributed by atoms with Crippen LogP contribution in [-0.2, 0) is 0 Å². The third kappa shape index (κ3) is 2.21. The van der Waals surface area contributed by atoms with Gasteiger partial charge < -0.3 is 21.4 Å². The first kappa shape index (κ1) is 13.2. The highest BCUT2D eigenvalue weighted by molar-refractivity contribution is 5.96. The predicted octanol–water partition coefficient (Wildman–Crippen LogP) is 0.378. The van der Waals surface area contributed by atoms with E-state index in [9.17, 15) is 4.79 Å². The third-order valence-electron chi connectivity index (χ3n) is 4.37. The van der Waals surface area contributed by atoms with E-state index in [1.54, 1.807) is 18.2 Å². The van der Waals surface area contributed by atoms with E-state index in [1.807, 2.05) is 0 Å². The van der Waals surface area contributed by atoms with Crippen molar-refractivity contribution in [3.8, 4) is 0 Å². The molecule has 0 unspecified atom stereocenters. The fourth-order valence-corrected chi connectivity index (χ4v) is 3.55. The van der Waals surface area contributed by atoms with E-state index < -0.39 is 0 Å². The molecule has 1 heterocycles. The van der Waals surface area contributed by atoms with E-state index in [1.165, 1.54) is 0 Å². The molecule has 1 aromatic carbocycles. The average Bonchev–Trinajstić information content (AvgIpc) is 2.34. The Bertz CT molecular complexity index is 530. The molecule has 1 aliphatic heterocycles. The first-order valence-corrected chi connectivity index (χ1v) is 6.87. The number of benzene rings is 1. The lowest BCUT2D eigenvalue weighted by Gasteiger charge is -2.58. The van der Waals surface area contributed by atoms with Crippen molar-refractivity contribution in [2.45, 2.75) is 18.9 Å². The van der Waals surface area contributed by atoms with Crippen molar-refractivity contribution in [3.63, 3.8) is 0 Å². The predicted molar refractivity (Wildman–Crippen MR) is 79.1 cm³/mol. The van der Waals surface area contributed by atoms with Gasteiger partial charge in [0.05, 0.1) is 11.4 Å². The van der Waals surface area contributed by atoms with Crippen LogP contribution in [0.1, 0.15) is 23.2 Å². The number of carbonyl (C=O) groups is 1. The molecule has 6 N–H and O–H groups in total. The Balaban J connectivity index is 1.56. The molecule has 1 saturated carbocycles.